The summed E-state index contributed by atoms with van der Waals surface area (Å²) in [6.45, 7) is 1.15. The number of rotatable bonds is 3. The van der Waals surface area contributed by atoms with Crippen LogP contribution in [0, 0.1) is 5.92 Å². The summed E-state index contributed by atoms with van der Waals surface area (Å²) in [6.07, 6.45) is 7.64. The lowest BCUT2D eigenvalue weighted by Gasteiger charge is -2.33. The molecule has 0 aromatic heterocycles. The number of halogens is 3. The van der Waals surface area contributed by atoms with Crippen LogP contribution < -0.4 is 10.6 Å². The summed E-state index contributed by atoms with van der Waals surface area (Å²) >= 11 is 18.6. The zero-order chi connectivity index (χ0) is 14.8. The molecule has 1 heterocycles. The van der Waals surface area contributed by atoms with E-state index in [1.165, 1.54) is 38.5 Å². The van der Waals surface area contributed by atoms with E-state index in [1.54, 1.807) is 12.1 Å². The highest BCUT2D eigenvalue weighted by Gasteiger charge is 2.34. The van der Waals surface area contributed by atoms with Crippen LogP contribution in [-0.4, -0.2) is 18.6 Å². The molecule has 0 radical (unpaired) electrons. The van der Waals surface area contributed by atoms with Gasteiger partial charge >= 0.3 is 0 Å². The minimum Gasteiger partial charge on any atom is -0.380 e. The van der Waals surface area contributed by atoms with E-state index in [2.05, 4.69) is 10.6 Å². The Morgan fingerprint density at radius 3 is 2.38 bits per heavy atom. The average Bonchev–Trinajstić information content (AvgIpc) is 2.92. The molecule has 1 aliphatic carbocycles. The van der Waals surface area contributed by atoms with Gasteiger partial charge in [0.05, 0.1) is 15.7 Å². The highest BCUT2D eigenvalue weighted by atomic mass is 35.5. The third-order valence-corrected chi connectivity index (χ3v) is 5.59. The number of nitrogens with one attached hydrogen (secondary N) is 2. The van der Waals surface area contributed by atoms with Gasteiger partial charge in [-0.15, -0.1) is 0 Å². The Morgan fingerprint density at radius 2 is 1.71 bits per heavy atom. The van der Waals surface area contributed by atoms with Gasteiger partial charge in [0, 0.05) is 17.1 Å². The second-order valence-corrected chi connectivity index (χ2v) is 7.40. The van der Waals surface area contributed by atoms with Gasteiger partial charge in [-0.2, -0.15) is 0 Å². The molecule has 2 nitrogen and oxygen atoms in total. The standard InChI is InChI=1S/C16H21Cl3N2/c17-10-8-12(18)16(13(19)9-10)21-15-6-3-4-11(15)14-5-1-2-7-20-14/h8-9,11,14-15,20-21H,1-7H2. The van der Waals surface area contributed by atoms with Crippen molar-refractivity contribution in [1.29, 1.82) is 0 Å². The van der Waals surface area contributed by atoms with Crippen molar-refractivity contribution >= 4 is 40.5 Å². The van der Waals surface area contributed by atoms with E-state index in [4.69, 9.17) is 34.8 Å². The van der Waals surface area contributed by atoms with Crippen LogP contribution in [0.5, 0.6) is 0 Å². The third kappa shape index (κ3) is 3.61. The van der Waals surface area contributed by atoms with E-state index in [1.807, 2.05) is 0 Å². The normalized spacial score (nSPS) is 29.6. The second-order valence-electron chi connectivity index (χ2n) is 6.15. The fraction of sp³-hybridized carbons (Fsp3) is 0.625. The van der Waals surface area contributed by atoms with Crippen molar-refractivity contribution in [3.8, 4) is 0 Å². The molecule has 0 spiro atoms. The smallest absolute Gasteiger partial charge is 0.0722 e. The molecule has 2 aliphatic rings. The van der Waals surface area contributed by atoms with Crippen molar-refractivity contribution in [2.75, 3.05) is 11.9 Å². The van der Waals surface area contributed by atoms with Gasteiger partial charge in [-0.25, -0.2) is 0 Å². The molecule has 3 unspecified atom stereocenters. The van der Waals surface area contributed by atoms with Gasteiger partial charge in [0.2, 0.25) is 0 Å². The number of piperidine rings is 1. The second kappa shape index (κ2) is 6.95. The van der Waals surface area contributed by atoms with E-state index >= 15 is 0 Å². The Kier molecular flexibility index (Phi) is 5.21. The number of anilines is 1. The molecule has 116 valence electrons. The van der Waals surface area contributed by atoms with Crippen molar-refractivity contribution in [2.45, 2.75) is 50.6 Å². The van der Waals surface area contributed by atoms with Crippen LogP contribution in [0.15, 0.2) is 12.1 Å². The maximum atomic E-state index is 6.30. The molecule has 2 fully saturated rings. The molecule has 1 aromatic rings. The third-order valence-electron chi connectivity index (χ3n) is 4.77. The first-order chi connectivity index (χ1) is 10.1. The quantitative estimate of drug-likeness (QED) is 0.768. The van der Waals surface area contributed by atoms with Crippen LogP contribution in [0.4, 0.5) is 5.69 Å². The minimum absolute atomic E-state index is 0.441. The first-order valence-corrected chi connectivity index (χ1v) is 8.93. The van der Waals surface area contributed by atoms with E-state index in [-0.39, 0.29) is 0 Å². The summed E-state index contributed by atoms with van der Waals surface area (Å²) in [6, 6.07) is 4.57. The van der Waals surface area contributed by atoms with Gasteiger partial charge in [-0.05, 0) is 50.3 Å². The zero-order valence-corrected chi connectivity index (χ0v) is 14.2. The molecule has 3 rings (SSSR count). The maximum Gasteiger partial charge on any atom is 0.0722 e. The van der Waals surface area contributed by atoms with Gasteiger partial charge in [-0.3, -0.25) is 0 Å². The Bertz CT molecular complexity index is 477. The number of hydrogen-bond donors (Lipinski definition) is 2. The summed E-state index contributed by atoms with van der Waals surface area (Å²) in [5.41, 5.74) is 0.829. The summed E-state index contributed by atoms with van der Waals surface area (Å²) in [5, 5.41) is 9.07. The van der Waals surface area contributed by atoms with E-state index in [0.717, 1.165) is 12.2 Å². The molecule has 21 heavy (non-hydrogen) atoms. The van der Waals surface area contributed by atoms with Gasteiger partial charge in [-0.1, -0.05) is 47.6 Å². The Hall–Kier alpha value is -0.150. The molecule has 5 heteroatoms. The molecule has 3 atom stereocenters. The molecule has 0 bridgehead atoms. The largest absolute Gasteiger partial charge is 0.380 e. The molecular formula is C16H21Cl3N2. The highest BCUT2D eigenvalue weighted by Crippen LogP contribution is 2.39. The SMILES string of the molecule is Clc1cc(Cl)c(NC2CCCC2C2CCCCN2)c(Cl)c1. The van der Waals surface area contributed by atoms with E-state index in [9.17, 15) is 0 Å². The van der Waals surface area contributed by atoms with Crippen molar-refractivity contribution < 1.29 is 0 Å². The van der Waals surface area contributed by atoms with Crippen LogP contribution in [0.1, 0.15) is 38.5 Å². The summed E-state index contributed by atoms with van der Waals surface area (Å²) in [7, 11) is 0. The number of benzene rings is 1. The van der Waals surface area contributed by atoms with Crippen LogP contribution in [0.3, 0.4) is 0 Å². The van der Waals surface area contributed by atoms with Crippen molar-refractivity contribution in [2.24, 2.45) is 5.92 Å². The van der Waals surface area contributed by atoms with Gasteiger partial charge < -0.3 is 10.6 Å². The topological polar surface area (TPSA) is 24.1 Å². The Balaban J connectivity index is 1.74. The summed E-state index contributed by atoms with van der Waals surface area (Å²) in [4.78, 5) is 0. The first-order valence-electron chi connectivity index (χ1n) is 7.79. The monoisotopic (exact) mass is 346 g/mol. The molecule has 1 aliphatic heterocycles. The van der Waals surface area contributed by atoms with Crippen molar-refractivity contribution in [1.82, 2.24) is 5.32 Å². The molecule has 1 saturated heterocycles. The summed E-state index contributed by atoms with van der Waals surface area (Å²) in [5.74, 6) is 0.660. The Morgan fingerprint density at radius 1 is 0.952 bits per heavy atom. The van der Waals surface area contributed by atoms with Gasteiger partial charge in [0.1, 0.15) is 0 Å². The lowest BCUT2D eigenvalue weighted by Crippen LogP contribution is -2.44. The lowest BCUT2D eigenvalue weighted by atomic mass is 9.88. The van der Waals surface area contributed by atoms with Crippen molar-refractivity contribution in [3.63, 3.8) is 0 Å². The highest BCUT2D eigenvalue weighted by molar-refractivity contribution is 6.41. The molecule has 1 aromatic carbocycles. The van der Waals surface area contributed by atoms with Crippen LogP contribution in [0.2, 0.25) is 15.1 Å². The van der Waals surface area contributed by atoms with E-state index in [0.29, 0.717) is 33.1 Å². The molecule has 0 amide bonds. The van der Waals surface area contributed by atoms with Crippen LogP contribution in [0.25, 0.3) is 0 Å². The average molecular weight is 348 g/mol. The number of hydrogen-bond acceptors (Lipinski definition) is 2. The zero-order valence-electron chi connectivity index (χ0n) is 12.0. The van der Waals surface area contributed by atoms with Crippen molar-refractivity contribution in [3.05, 3.63) is 27.2 Å². The molecular weight excluding hydrogens is 327 g/mol. The predicted octanol–water partition coefficient (Wildman–Crippen LogP) is 5.37. The Labute approximate surface area is 141 Å². The van der Waals surface area contributed by atoms with Crippen LogP contribution >= 0.6 is 34.8 Å². The fourth-order valence-corrected chi connectivity index (χ4v) is 4.69. The first kappa shape index (κ1) is 15.7. The molecule has 2 N–H and O–H groups in total. The van der Waals surface area contributed by atoms with E-state index < -0.39 is 0 Å². The lowest BCUT2D eigenvalue weighted by molar-refractivity contribution is 0.286. The van der Waals surface area contributed by atoms with Gasteiger partial charge in [0.15, 0.2) is 0 Å². The summed E-state index contributed by atoms with van der Waals surface area (Å²) < 4.78 is 0. The van der Waals surface area contributed by atoms with Gasteiger partial charge in [0.25, 0.3) is 0 Å². The molecule has 1 saturated carbocycles. The minimum atomic E-state index is 0.441. The predicted molar refractivity (Wildman–Crippen MR) is 91.9 cm³/mol. The maximum absolute atomic E-state index is 6.30. The fourth-order valence-electron chi connectivity index (χ4n) is 3.76. The van der Waals surface area contributed by atoms with Crippen LogP contribution in [-0.2, 0) is 0 Å².